The second-order valence-electron chi connectivity index (χ2n) is 6.13. The van der Waals surface area contributed by atoms with Gasteiger partial charge < -0.3 is 20.3 Å². The van der Waals surface area contributed by atoms with Gasteiger partial charge in [-0.2, -0.15) is 13.2 Å². The van der Waals surface area contributed by atoms with Crippen LogP contribution in [0.4, 0.5) is 13.2 Å². The van der Waals surface area contributed by atoms with E-state index in [-0.39, 0.29) is 23.7 Å². The summed E-state index contributed by atoms with van der Waals surface area (Å²) in [5.41, 5.74) is -0.508. The number of ether oxygens (including phenoxy) is 1. The number of hydrogen-bond acceptors (Lipinski definition) is 5. The van der Waals surface area contributed by atoms with Crippen LogP contribution in [0.1, 0.15) is 53.2 Å². The summed E-state index contributed by atoms with van der Waals surface area (Å²) in [7, 11) is 1.30. The largest absolute Gasteiger partial charge is 0.503 e. The molecule has 0 aliphatic carbocycles. The molecule has 152 valence electrons. The number of nitrogens with zero attached hydrogens (tertiary/aromatic N) is 1. The molecule has 9 heteroatoms. The molecule has 1 heterocycles. The lowest BCUT2D eigenvalue weighted by Gasteiger charge is -2.14. The third-order valence-electron chi connectivity index (χ3n) is 4.05. The molecule has 0 saturated heterocycles. The Morgan fingerprint density at radius 1 is 1.29 bits per heavy atom. The number of aromatic nitrogens is 1. The molecule has 0 bridgehead atoms. The van der Waals surface area contributed by atoms with E-state index < -0.39 is 29.5 Å². The van der Waals surface area contributed by atoms with Crippen LogP contribution in [0.5, 0.6) is 11.5 Å². The van der Waals surface area contributed by atoms with Crippen molar-refractivity contribution in [1.29, 1.82) is 0 Å². The monoisotopic (exact) mass is 398 g/mol. The first-order valence-corrected chi connectivity index (χ1v) is 8.57. The van der Waals surface area contributed by atoms with Gasteiger partial charge in [-0.25, -0.2) is 4.98 Å². The highest BCUT2D eigenvalue weighted by Crippen LogP contribution is 2.32. The second kappa shape index (κ2) is 8.92. The van der Waals surface area contributed by atoms with Gasteiger partial charge in [-0.1, -0.05) is 25.5 Å². The highest BCUT2D eigenvalue weighted by molar-refractivity contribution is 5.95. The molecule has 2 rings (SSSR count). The molecule has 0 aliphatic rings. The zero-order chi connectivity index (χ0) is 20.9. The van der Waals surface area contributed by atoms with E-state index in [1.807, 2.05) is 6.92 Å². The lowest BCUT2D eigenvalue weighted by atomic mass is 10.1. The summed E-state index contributed by atoms with van der Waals surface area (Å²) in [5.74, 6) is -1.25. The van der Waals surface area contributed by atoms with Gasteiger partial charge in [0.2, 0.25) is 0 Å². The lowest BCUT2D eigenvalue weighted by molar-refractivity contribution is -0.137. The molecule has 3 N–H and O–H groups in total. The number of alkyl halides is 3. The number of aliphatic hydroxyl groups is 1. The zero-order valence-corrected chi connectivity index (χ0v) is 15.4. The Balaban J connectivity index is 2.18. The van der Waals surface area contributed by atoms with E-state index in [0.717, 1.165) is 12.1 Å². The van der Waals surface area contributed by atoms with E-state index >= 15 is 0 Å². The van der Waals surface area contributed by atoms with E-state index in [0.29, 0.717) is 18.4 Å². The van der Waals surface area contributed by atoms with E-state index in [1.165, 1.54) is 25.3 Å². The molecule has 28 heavy (non-hydrogen) atoms. The summed E-state index contributed by atoms with van der Waals surface area (Å²) in [6.07, 6.45) is -4.27. The van der Waals surface area contributed by atoms with Crippen molar-refractivity contribution < 1.29 is 32.9 Å². The van der Waals surface area contributed by atoms with E-state index in [4.69, 9.17) is 4.74 Å². The van der Waals surface area contributed by atoms with Crippen molar-refractivity contribution >= 4 is 5.91 Å². The third kappa shape index (κ3) is 5.13. The average molecular weight is 398 g/mol. The molecule has 2 aromatic rings. The van der Waals surface area contributed by atoms with Crippen molar-refractivity contribution in [3.63, 3.8) is 0 Å². The SMILES string of the molecule is CCCC(O)c1cc(OC)c(O)c(C(=O)NCc2ccc(C(F)(F)F)cc2)n1. The minimum atomic E-state index is -4.44. The molecule has 6 nitrogen and oxygen atoms in total. The van der Waals surface area contributed by atoms with E-state index in [2.05, 4.69) is 10.3 Å². The van der Waals surface area contributed by atoms with Crippen molar-refractivity contribution in [1.82, 2.24) is 10.3 Å². The predicted octanol–water partition coefficient (Wildman–Crippen LogP) is 3.58. The molecule has 1 aromatic heterocycles. The normalized spacial score (nSPS) is 12.5. The molecule has 1 aromatic carbocycles. The van der Waals surface area contributed by atoms with Gasteiger partial charge in [0.05, 0.1) is 24.5 Å². The number of benzene rings is 1. The van der Waals surface area contributed by atoms with Crippen LogP contribution in [-0.4, -0.2) is 28.2 Å². The third-order valence-corrected chi connectivity index (χ3v) is 4.05. The molecule has 0 spiro atoms. The summed E-state index contributed by atoms with van der Waals surface area (Å²) >= 11 is 0. The maximum Gasteiger partial charge on any atom is 0.416 e. The molecule has 0 radical (unpaired) electrons. The fraction of sp³-hybridized carbons (Fsp3) is 0.368. The van der Waals surface area contributed by atoms with Crippen LogP contribution in [0, 0.1) is 0 Å². The number of aliphatic hydroxyl groups excluding tert-OH is 1. The summed E-state index contributed by atoms with van der Waals surface area (Å²) in [5, 5.41) is 22.8. The molecule has 1 unspecified atom stereocenters. The number of pyridine rings is 1. The lowest BCUT2D eigenvalue weighted by Crippen LogP contribution is -2.24. The van der Waals surface area contributed by atoms with Crippen molar-refractivity contribution in [3.05, 3.63) is 52.8 Å². The Morgan fingerprint density at radius 2 is 1.93 bits per heavy atom. The Morgan fingerprint density at radius 3 is 2.46 bits per heavy atom. The Bertz CT molecular complexity index is 823. The van der Waals surface area contributed by atoms with Gasteiger partial charge in [0.1, 0.15) is 0 Å². The molecular weight excluding hydrogens is 377 g/mol. The number of halogens is 3. The molecule has 0 aliphatic heterocycles. The highest BCUT2D eigenvalue weighted by atomic mass is 19.4. The Kier molecular flexibility index (Phi) is 6.85. The van der Waals surface area contributed by atoms with Crippen molar-refractivity contribution in [2.24, 2.45) is 0 Å². The minimum Gasteiger partial charge on any atom is -0.503 e. The predicted molar refractivity (Wildman–Crippen MR) is 94.9 cm³/mol. The number of amides is 1. The Hall–Kier alpha value is -2.81. The first kappa shape index (κ1) is 21.5. The van der Waals surface area contributed by atoms with Crippen LogP contribution >= 0.6 is 0 Å². The fourth-order valence-corrected chi connectivity index (χ4v) is 2.52. The summed E-state index contributed by atoms with van der Waals surface area (Å²) in [4.78, 5) is 16.4. The first-order chi connectivity index (χ1) is 13.2. The van der Waals surface area contributed by atoms with Gasteiger partial charge in [-0.15, -0.1) is 0 Å². The second-order valence-corrected chi connectivity index (χ2v) is 6.13. The molecule has 1 amide bonds. The van der Waals surface area contributed by atoms with Crippen molar-refractivity contribution in [2.45, 2.75) is 38.6 Å². The molecule has 1 atom stereocenters. The number of carbonyl (C=O) groups excluding carboxylic acids is 1. The fourth-order valence-electron chi connectivity index (χ4n) is 2.52. The number of aromatic hydroxyl groups is 1. The smallest absolute Gasteiger partial charge is 0.416 e. The maximum atomic E-state index is 12.6. The number of carbonyl (C=O) groups is 1. The highest BCUT2D eigenvalue weighted by Gasteiger charge is 2.30. The van der Waals surface area contributed by atoms with Gasteiger partial charge in [0, 0.05) is 12.6 Å². The summed E-state index contributed by atoms with van der Waals surface area (Å²) in [6, 6.07) is 5.68. The standard InChI is InChI=1S/C19H21F3N2O4/c1-3-4-14(25)13-9-15(28-2)17(26)16(24-13)18(27)23-10-11-5-7-12(8-6-11)19(20,21)22/h5-9,14,25-26H,3-4,10H2,1-2H3,(H,23,27). The molecular formula is C19H21F3N2O4. The van der Waals surface area contributed by atoms with Gasteiger partial charge in [-0.3, -0.25) is 4.79 Å². The minimum absolute atomic E-state index is 0.0140. The molecule has 0 fully saturated rings. The van der Waals surface area contributed by atoms with Crippen molar-refractivity contribution in [3.8, 4) is 11.5 Å². The number of methoxy groups -OCH3 is 1. The van der Waals surface area contributed by atoms with Crippen LogP contribution in [0.2, 0.25) is 0 Å². The Labute approximate surface area is 160 Å². The van der Waals surface area contributed by atoms with Crippen LogP contribution in [0.3, 0.4) is 0 Å². The average Bonchev–Trinajstić information content (AvgIpc) is 2.66. The van der Waals surface area contributed by atoms with Crippen LogP contribution in [0.25, 0.3) is 0 Å². The van der Waals surface area contributed by atoms with Gasteiger partial charge in [0.15, 0.2) is 17.2 Å². The summed E-state index contributed by atoms with van der Waals surface area (Å²) in [6.45, 7) is 1.81. The van der Waals surface area contributed by atoms with Crippen LogP contribution in [-0.2, 0) is 12.7 Å². The van der Waals surface area contributed by atoms with Crippen molar-refractivity contribution in [2.75, 3.05) is 7.11 Å². The van der Waals surface area contributed by atoms with Gasteiger partial charge in [0.25, 0.3) is 5.91 Å². The first-order valence-electron chi connectivity index (χ1n) is 8.57. The van der Waals surface area contributed by atoms with Gasteiger partial charge >= 0.3 is 6.18 Å². The van der Waals surface area contributed by atoms with E-state index in [9.17, 15) is 28.2 Å². The van der Waals surface area contributed by atoms with Crippen LogP contribution in [0.15, 0.2) is 30.3 Å². The zero-order valence-electron chi connectivity index (χ0n) is 15.4. The topological polar surface area (TPSA) is 91.7 Å². The van der Waals surface area contributed by atoms with Gasteiger partial charge in [-0.05, 0) is 24.1 Å². The molecule has 0 saturated carbocycles. The number of rotatable bonds is 7. The maximum absolute atomic E-state index is 12.6. The quantitative estimate of drug-likeness (QED) is 0.663. The number of nitrogens with one attached hydrogen (secondary N) is 1. The number of hydrogen-bond donors (Lipinski definition) is 3. The van der Waals surface area contributed by atoms with Crippen LogP contribution < -0.4 is 10.1 Å². The van der Waals surface area contributed by atoms with E-state index in [1.54, 1.807) is 0 Å². The summed E-state index contributed by atoms with van der Waals surface area (Å²) < 4.78 is 42.8.